The van der Waals surface area contributed by atoms with Crippen LogP contribution >= 0.6 is 0 Å². The van der Waals surface area contributed by atoms with Gasteiger partial charge in [0.2, 0.25) is 0 Å². The molecule has 192 valence electrons. The summed E-state index contributed by atoms with van der Waals surface area (Å²) in [6.07, 6.45) is 5.32. The van der Waals surface area contributed by atoms with Gasteiger partial charge in [-0.1, -0.05) is 18.1 Å². The van der Waals surface area contributed by atoms with Gasteiger partial charge in [-0.05, 0) is 58.0 Å². The molecule has 4 heterocycles. The molecule has 2 amide bonds. The Labute approximate surface area is 212 Å². The molecule has 1 aliphatic carbocycles. The summed E-state index contributed by atoms with van der Waals surface area (Å²) in [6, 6.07) is 5.74. The molecule has 1 aromatic carbocycles. The number of nitrogens with zero attached hydrogens (tertiary/aromatic N) is 6. The number of amides is 2. The van der Waals surface area contributed by atoms with E-state index in [9.17, 15) is 4.79 Å². The first kappa shape index (κ1) is 23.3. The average Bonchev–Trinajstić information content (AvgIpc) is 3.26. The Kier molecular flexibility index (Phi) is 5.55. The fraction of sp³-hybridized carbons (Fsp3) is 0.400. The molecule has 3 aromatic heterocycles. The van der Waals surface area contributed by atoms with Gasteiger partial charge < -0.3 is 20.5 Å². The standard InChI is InChI=1S/C25H28FN9O2/c1-25(7-8-25)18-12-19(33-37-18)31-24(36)30-17-4-3-14(11-16(17)26)21-20-22(27)28-13-29-23(20)35(32-21)15-5-9-34(2)10-6-15/h3-4,11-13,15H,5-10H2,1-2H3,(H2,27,28,29)(H2,30,31,33,36). The molecule has 12 heteroatoms. The monoisotopic (exact) mass is 505 g/mol. The molecule has 11 nitrogen and oxygen atoms in total. The lowest BCUT2D eigenvalue weighted by Gasteiger charge is -2.29. The molecule has 0 bridgehead atoms. The Morgan fingerprint density at radius 3 is 2.70 bits per heavy atom. The summed E-state index contributed by atoms with van der Waals surface area (Å²) < 4.78 is 22.3. The highest BCUT2D eigenvalue weighted by Crippen LogP contribution is 2.48. The van der Waals surface area contributed by atoms with Crippen LogP contribution in [-0.2, 0) is 5.41 Å². The van der Waals surface area contributed by atoms with Gasteiger partial charge in [-0.2, -0.15) is 5.10 Å². The van der Waals surface area contributed by atoms with Gasteiger partial charge in [0.15, 0.2) is 11.5 Å². The molecule has 4 aromatic rings. The van der Waals surface area contributed by atoms with Crippen LogP contribution in [-0.4, -0.2) is 56.0 Å². The van der Waals surface area contributed by atoms with Crippen molar-refractivity contribution < 1.29 is 13.7 Å². The summed E-state index contributed by atoms with van der Waals surface area (Å²) in [5, 5.41) is 14.4. The van der Waals surface area contributed by atoms with E-state index in [1.165, 1.54) is 18.5 Å². The Balaban J connectivity index is 1.24. The number of halogens is 1. The second kappa shape index (κ2) is 8.80. The van der Waals surface area contributed by atoms with Gasteiger partial charge in [0, 0.05) is 17.0 Å². The van der Waals surface area contributed by atoms with E-state index < -0.39 is 11.8 Å². The predicted octanol–water partition coefficient (Wildman–Crippen LogP) is 4.16. The van der Waals surface area contributed by atoms with E-state index in [0.29, 0.717) is 22.3 Å². The van der Waals surface area contributed by atoms with Crippen molar-refractivity contribution in [3.05, 3.63) is 42.2 Å². The molecule has 6 rings (SSSR count). The average molecular weight is 506 g/mol. The molecule has 0 spiro atoms. The predicted molar refractivity (Wildman–Crippen MR) is 137 cm³/mol. The molecule has 0 unspecified atom stereocenters. The minimum Gasteiger partial charge on any atom is -0.383 e. The van der Waals surface area contributed by atoms with E-state index in [1.807, 2.05) is 4.68 Å². The first-order chi connectivity index (χ1) is 17.8. The summed E-state index contributed by atoms with van der Waals surface area (Å²) in [5.74, 6) is 0.678. The second-order valence-electron chi connectivity index (χ2n) is 10.2. The fourth-order valence-electron chi connectivity index (χ4n) is 4.78. The van der Waals surface area contributed by atoms with Crippen LogP contribution in [0.4, 0.5) is 26.5 Å². The SMILES string of the molecule is CN1CCC(n2nc(-c3ccc(NC(=O)Nc4cc(C5(C)CC5)on4)c(F)c3)c3c(N)ncnc32)CC1. The summed E-state index contributed by atoms with van der Waals surface area (Å²) in [7, 11) is 2.10. The third-order valence-electron chi connectivity index (χ3n) is 7.39. The Morgan fingerprint density at radius 1 is 1.19 bits per heavy atom. The maximum atomic E-state index is 15.1. The second-order valence-corrected chi connectivity index (χ2v) is 10.2. The summed E-state index contributed by atoms with van der Waals surface area (Å²) in [6.45, 7) is 3.98. The third kappa shape index (κ3) is 4.37. The molecule has 4 N–H and O–H groups in total. The van der Waals surface area contributed by atoms with Crippen LogP contribution in [0.25, 0.3) is 22.3 Å². The zero-order valence-corrected chi connectivity index (χ0v) is 20.7. The Morgan fingerprint density at radius 2 is 1.97 bits per heavy atom. The smallest absolute Gasteiger partial charge is 0.325 e. The highest BCUT2D eigenvalue weighted by atomic mass is 19.1. The lowest BCUT2D eigenvalue weighted by molar-refractivity contribution is 0.215. The van der Waals surface area contributed by atoms with Crippen LogP contribution in [0.15, 0.2) is 35.1 Å². The van der Waals surface area contributed by atoms with E-state index >= 15 is 4.39 Å². The van der Waals surface area contributed by atoms with Crippen molar-refractivity contribution in [3.8, 4) is 11.3 Å². The van der Waals surface area contributed by atoms with Crippen molar-refractivity contribution in [1.29, 1.82) is 0 Å². The van der Waals surface area contributed by atoms with E-state index in [2.05, 4.69) is 44.6 Å². The first-order valence-electron chi connectivity index (χ1n) is 12.3. The highest BCUT2D eigenvalue weighted by Gasteiger charge is 2.43. The van der Waals surface area contributed by atoms with Gasteiger partial charge in [0.1, 0.15) is 29.4 Å². The van der Waals surface area contributed by atoms with E-state index in [4.69, 9.17) is 15.4 Å². The van der Waals surface area contributed by atoms with Crippen LogP contribution in [0.5, 0.6) is 0 Å². The van der Waals surface area contributed by atoms with E-state index in [1.54, 1.807) is 12.1 Å². The molecule has 37 heavy (non-hydrogen) atoms. The van der Waals surface area contributed by atoms with Crippen molar-refractivity contribution in [2.75, 3.05) is 36.5 Å². The molecule has 1 saturated heterocycles. The first-order valence-corrected chi connectivity index (χ1v) is 12.3. The number of carbonyl (C=O) groups is 1. The summed E-state index contributed by atoms with van der Waals surface area (Å²) in [4.78, 5) is 23.3. The van der Waals surface area contributed by atoms with Crippen LogP contribution in [0, 0.1) is 5.82 Å². The maximum absolute atomic E-state index is 15.1. The molecular formula is C25H28FN9O2. The van der Waals surface area contributed by atoms with Gasteiger partial charge >= 0.3 is 6.03 Å². The van der Waals surface area contributed by atoms with Gasteiger partial charge in [0.05, 0.1) is 17.1 Å². The maximum Gasteiger partial charge on any atom is 0.325 e. The molecule has 1 aliphatic heterocycles. The van der Waals surface area contributed by atoms with Crippen LogP contribution in [0.3, 0.4) is 0 Å². The zero-order chi connectivity index (χ0) is 25.7. The van der Waals surface area contributed by atoms with Crippen molar-refractivity contribution in [2.24, 2.45) is 0 Å². The number of likely N-dealkylation sites (tertiary alicyclic amines) is 1. The molecule has 0 atom stereocenters. The Hall–Kier alpha value is -4.06. The van der Waals surface area contributed by atoms with Gasteiger partial charge in [0.25, 0.3) is 0 Å². The molecular weight excluding hydrogens is 477 g/mol. The topological polar surface area (TPSA) is 140 Å². The lowest BCUT2D eigenvalue weighted by atomic mass is 10.1. The van der Waals surface area contributed by atoms with E-state index in [-0.39, 0.29) is 28.8 Å². The van der Waals surface area contributed by atoms with Crippen molar-refractivity contribution in [2.45, 2.75) is 44.1 Å². The van der Waals surface area contributed by atoms with Gasteiger partial charge in [-0.3, -0.25) is 5.32 Å². The number of nitrogens with one attached hydrogen (secondary N) is 2. The van der Waals surface area contributed by atoms with Crippen LogP contribution in [0.2, 0.25) is 0 Å². The summed E-state index contributed by atoms with van der Waals surface area (Å²) >= 11 is 0. The number of nitrogen functional groups attached to an aromatic ring is 1. The number of urea groups is 1. The zero-order valence-electron chi connectivity index (χ0n) is 20.7. The van der Waals surface area contributed by atoms with Crippen LogP contribution < -0.4 is 16.4 Å². The highest BCUT2D eigenvalue weighted by molar-refractivity contribution is 6.00. The number of piperidine rings is 1. The number of benzene rings is 1. The Bertz CT molecular complexity index is 1480. The molecule has 1 saturated carbocycles. The van der Waals surface area contributed by atoms with Crippen molar-refractivity contribution in [1.82, 2.24) is 29.8 Å². The fourth-order valence-corrected chi connectivity index (χ4v) is 4.78. The number of fused-ring (bicyclic) bond motifs is 1. The normalized spacial score (nSPS) is 17.7. The van der Waals surface area contributed by atoms with Gasteiger partial charge in [-0.25, -0.2) is 23.8 Å². The molecule has 2 fully saturated rings. The largest absolute Gasteiger partial charge is 0.383 e. The van der Waals surface area contributed by atoms with Gasteiger partial charge in [-0.15, -0.1) is 0 Å². The number of carbonyl (C=O) groups excluding carboxylic acids is 1. The van der Waals surface area contributed by atoms with Crippen molar-refractivity contribution in [3.63, 3.8) is 0 Å². The van der Waals surface area contributed by atoms with Crippen molar-refractivity contribution >= 4 is 34.4 Å². The number of rotatable bonds is 5. The third-order valence-corrected chi connectivity index (χ3v) is 7.39. The number of hydrogen-bond donors (Lipinski definition) is 3. The van der Waals surface area contributed by atoms with E-state index in [0.717, 1.165) is 44.5 Å². The number of nitrogens with two attached hydrogens (primary N) is 1. The molecule has 0 radical (unpaired) electrons. The number of anilines is 3. The number of hydrogen-bond acceptors (Lipinski definition) is 8. The van der Waals surface area contributed by atoms with Crippen LogP contribution in [0.1, 0.15) is 44.4 Å². The number of aromatic nitrogens is 5. The molecule has 2 aliphatic rings. The minimum atomic E-state index is -0.623. The summed E-state index contributed by atoms with van der Waals surface area (Å²) in [5.41, 5.74) is 7.87. The quantitative estimate of drug-likeness (QED) is 0.367. The minimum absolute atomic E-state index is 0.00965. The lowest BCUT2D eigenvalue weighted by Crippen LogP contribution is -2.31.